The van der Waals surface area contributed by atoms with Gasteiger partial charge < -0.3 is 20.3 Å². The zero-order chi connectivity index (χ0) is 22.8. The lowest BCUT2D eigenvalue weighted by Crippen LogP contribution is -2.50. The summed E-state index contributed by atoms with van der Waals surface area (Å²) in [6.07, 6.45) is 0. The second kappa shape index (κ2) is 12.2. The minimum atomic E-state index is -0.442. The summed E-state index contributed by atoms with van der Waals surface area (Å²) in [5.41, 5.74) is 1.81. The molecule has 0 aromatic heterocycles. The number of ether oxygens (including phenoxy) is 1. The maximum atomic E-state index is 13.0. The van der Waals surface area contributed by atoms with Crippen LogP contribution >= 0.6 is 0 Å². The maximum absolute atomic E-state index is 13.0. The number of rotatable bonds is 9. The van der Waals surface area contributed by atoms with Crippen LogP contribution in [0.25, 0.3) is 0 Å². The minimum Gasteiger partial charge on any atom is -0.379 e. The summed E-state index contributed by atoms with van der Waals surface area (Å²) in [6, 6.07) is 15.3. The molecule has 0 bridgehead atoms. The molecule has 3 amide bonds. The summed E-state index contributed by atoms with van der Waals surface area (Å²) in [7, 11) is 0. The quantitative estimate of drug-likeness (QED) is 0.625. The van der Waals surface area contributed by atoms with Crippen molar-refractivity contribution in [2.24, 2.45) is 0 Å². The van der Waals surface area contributed by atoms with E-state index in [1.807, 2.05) is 42.2 Å². The third-order valence-corrected chi connectivity index (χ3v) is 5.44. The fourth-order valence-corrected chi connectivity index (χ4v) is 3.63. The summed E-state index contributed by atoms with van der Waals surface area (Å²) >= 11 is 0. The minimum absolute atomic E-state index is 0.0233. The van der Waals surface area contributed by atoms with Crippen LogP contribution in [0.1, 0.15) is 18.1 Å². The van der Waals surface area contributed by atoms with E-state index in [0.29, 0.717) is 19.8 Å². The lowest BCUT2D eigenvalue weighted by Gasteiger charge is -2.35. The molecule has 2 aromatic rings. The average molecular weight is 443 g/mol. The molecule has 8 heteroatoms. The molecule has 1 fully saturated rings. The molecule has 0 saturated carbocycles. The number of amides is 3. The van der Waals surface area contributed by atoms with Crippen molar-refractivity contribution in [3.8, 4) is 0 Å². The molecular formula is C24H31FN4O3. The van der Waals surface area contributed by atoms with Gasteiger partial charge in [0.15, 0.2) is 0 Å². The third-order valence-electron chi connectivity index (χ3n) is 5.44. The van der Waals surface area contributed by atoms with E-state index in [-0.39, 0.29) is 30.9 Å². The number of carbonyl (C=O) groups excluding carboxylic acids is 2. The van der Waals surface area contributed by atoms with Crippen LogP contribution in [0.3, 0.4) is 0 Å². The van der Waals surface area contributed by atoms with Crippen molar-refractivity contribution in [2.45, 2.75) is 26.1 Å². The zero-order valence-corrected chi connectivity index (χ0v) is 18.4. The van der Waals surface area contributed by atoms with Gasteiger partial charge in [0.2, 0.25) is 5.91 Å². The first-order chi connectivity index (χ1) is 15.5. The Kier molecular flexibility index (Phi) is 9.01. The molecule has 2 N–H and O–H groups in total. The molecule has 0 radical (unpaired) electrons. The molecule has 7 nitrogen and oxygen atoms in total. The molecule has 0 aliphatic carbocycles. The van der Waals surface area contributed by atoms with Crippen molar-refractivity contribution in [1.29, 1.82) is 0 Å². The smallest absolute Gasteiger partial charge is 0.315 e. The van der Waals surface area contributed by atoms with Crippen molar-refractivity contribution in [1.82, 2.24) is 20.4 Å². The molecule has 1 heterocycles. The SMILES string of the molecule is CC(CN1CCOCC1)N(Cc1ccccc1)C(=O)CNC(=O)NCc1ccc(F)cc1. The Morgan fingerprint density at radius 1 is 1.03 bits per heavy atom. The van der Waals surface area contributed by atoms with Crippen LogP contribution < -0.4 is 10.6 Å². The van der Waals surface area contributed by atoms with Crippen LogP contribution in [0.5, 0.6) is 0 Å². The molecule has 1 saturated heterocycles. The highest BCUT2D eigenvalue weighted by molar-refractivity contribution is 5.84. The van der Waals surface area contributed by atoms with Gasteiger partial charge in [-0.15, -0.1) is 0 Å². The molecular weight excluding hydrogens is 411 g/mol. The Bertz CT molecular complexity index is 857. The first-order valence-electron chi connectivity index (χ1n) is 10.9. The van der Waals surface area contributed by atoms with Gasteiger partial charge in [-0.1, -0.05) is 42.5 Å². The first kappa shape index (κ1) is 23.7. The predicted octanol–water partition coefficient (Wildman–Crippen LogP) is 2.37. The first-order valence-corrected chi connectivity index (χ1v) is 10.9. The van der Waals surface area contributed by atoms with E-state index in [0.717, 1.165) is 30.8 Å². The normalized spacial score (nSPS) is 15.1. The third kappa shape index (κ3) is 7.62. The topological polar surface area (TPSA) is 73.9 Å². The van der Waals surface area contributed by atoms with E-state index < -0.39 is 6.03 Å². The lowest BCUT2D eigenvalue weighted by molar-refractivity contribution is -0.133. The second-order valence-electron chi connectivity index (χ2n) is 7.93. The fourth-order valence-electron chi connectivity index (χ4n) is 3.63. The lowest BCUT2D eigenvalue weighted by atomic mass is 10.1. The highest BCUT2D eigenvalue weighted by atomic mass is 19.1. The number of hydrogen-bond acceptors (Lipinski definition) is 4. The Labute approximate surface area is 188 Å². The Balaban J connectivity index is 1.54. The number of urea groups is 1. The summed E-state index contributed by atoms with van der Waals surface area (Å²) in [6.45, 7) is 6.51. The molecule has 1 aliphatic rings. The molecule has 32 heavy (non-hydrogen) atoms. The molecule has 1 aliphatic heterocycles. The van der Waals surface area contributed by atoms with Crippen molar-refractivity contribution in [2.75, 3.05) is 39.4 Å². The summed E-state index contributed by atoms with van der Waals surface area (Å²) in [5, 5.41) is 5.33. The predicted molar refractivity (Wildman–Crippen MR) is 120 cm³/mol. The average Bonchev–Trinajstić information content (AvgIpc) is 2.82. The van der Waals surface area contributed by atoms with Gasteiger partial charge in [-0.25, -0.2) is 9.18 Å². The highest BCUT2D eigenvalue weighted by Crippen LogP contribution is 2.11. The fraction of sp³-hybridized carbons (Fsp3) is 0.417. The van der Waals surface area contributed by atoms with Crippen molar-refractivity contribution < 1.29 is 18.7 Å². The summed E-state index contributed by atoms with van der Waals surface area (Å²) in [4.78, 5) is 29.3. The number of carbonyl (C=O) groups is 2. The van der Waals surface area contributed by atoms with Gasteiger partial charge in [-0.3, -0.25) is 9.69 Å². The van der Waals surface area contributed by atoms with E-state index in [1.54, 1.807) is 12.1 Å². The number of hydrogen-bond donors (Lipinski definition) is 2. The summed E-state index contributed by atoms with van der Waals surface area (Å²) < 4.78 is 18.4. The largest absolute Gasteiger partial charge is 0.379 e. The molecule has 2 aromatic carbocycles. The van der Waals surface area contributed by atoms with Crippen LogP contribution in [0, 0.1) is 5.82 Å². The van der Waals surface area contributed by atoms with Crippen molar-refractivity contribution >= 4 is 11.9 Å². The van der Waals surface area contributed by atoms with Gasteiger partial charge in [0.25, 0.3) is 0 Å². The van der Waals surface area contributed by atoms with Crippen LogP contribution in [-0.2, 0) is 22.6 Å². The molecule has 0 spiro atoms. The summed E-state index contributed by atoms with van der Waals surface area (Å²) in [5.74, 6) is -0.472. The standard InChI is InChI=1S/C24H31FN4O3/c1-19(17-28-11-13-32-14-12-28)29(18-21-5-3-2-4-6-21)23(30)16-27-24(31)26-15-20-7-9-22(25)10-8-20/h2-10,19H,11-18H2,1H3,(H2,26,27,31). The van der Waals surface area contributed by atoms with Gasteiger partial charge >= 0.3 is 6.03 Å². The van der Waals surface area contributed by atoms with Crippen molar-refractivity contribution in [3.05, 3.63) is 71.5 Å². The molecule has 1 atom stereocenters. The number of nitrogens with one attached hydrogen (secondary N) is 2. The molecule has 3 rings (SSSR count). The van der Waals surface area contributed by atoms with Gasteiger partial charge in [-0.2, -0.15) is 0 Å². The monoisotopic (exact) mass is 442 g/mol. The van der Waals surface area contributed by atoms with E-state index in [2.05, 4.69) is 15.5 Å². The number of benzene rings is 2. The highest BCUT2D eigenvalue weighted by Gasteiger charge is 2.23. The van der Waals surface area contributed by atoms with E-state index in [1.165, 1.54) is 12.1 Å². The van der Waals surface area contributed by atoms with E-state index >= 15 is 0 Å². The Morgan fingerprint density at radius 2 is 1.72 bits per heavy atom. The number of halogens is 1. The second-order valence-corrected chi connectivity index (χ2v) is 7.93. The van der Waals surface area contributed by atoms with Crippen LogP contribution in [0.15, 0.2) is 54.6 Å². The zero-order valence-electron chi connectivity index (χ0n) is 18.4. The van der Waals surface area contributed by atoms with Crippen molar-refractivity contribution in [3.63, 3.8) is 0 Å². The van der Waals surface area contributed by atoms with Crippen LogP contribution in [0.2, 0.25) is 0 Å². The van der Waals surface area contributed by atoms with Gasteiger partial charge in [0, 0.05) is 38.8 Å². The van der Waals surface area contributed by atoms with E-state index in [4.69, 9.17) is 4.74 Å². The van der Waals surface area contributed by atoms with Gasteiger partial charge in [-0.05, 0) is 30.2 Å². The Morgan fingerprint density at radius 3 is 2.41 bits per heavy atom. The molecule has 1 unspecified atom stereocenters. The number of nitrogens with zero attached hydrogens (tertiary/aromatic N) is 2. The maximum Gasteiger partial charge on any atom is 0.315 e. The van der Waals surface area contributed by atoms with Crippen LogP contribution in [0.4, 0.5) is 9.18 Å². The van der Waals surface area contributed by atoms with E-state index in [9.17, 15) is 14.0 Å². The van der Waals surface area contributed by atoms with Crippen LogP contribution in [-0.4, -0.2) is 67.2 Å². The Hall–Kier alpha value is -2.97. The number of morpholine rings is 1. The van der Waals surface area contributed by atoms with Gasteiger partial charge in [0.05, 0.1) is 19.8 Å². The van der Waals surface area contributed by atoms with Gasteiger partial charge in [0.1, 0.15) is 5.82 Å². The molecule has 172 valence electrons.